The van der Waals surface area contributed by atoms with Crippen LogP contribution in [0.4, 0.5) is 47.3 Å². The van der Waals surface area contributed by atoms with Crippen LogP contribution in [0.3, 0.4) is 0 Å². The largest absolute Gasteiger partial charge is 1.00 e. The summed E-state index contributed by atoms with van der Waals surface area (Å²) in [7, 11) is 4.03. The van der Waals surface area contributed by atoms with Crippen molar-refractivity contribution in [2.75, 3.05) is 63.2 Å². The molecule has 0 unspecified atom stereocenters. The number of nitrogens with zero attached hydrogens (tertiary/aromatic N) is 5. The Kier molecular flexibility index (Phi) is 14.5. The maximum atomic E-state index is 14.2. The van der Waals surface area contributed by atoms with Crippen molar-refractivity contribution in [3.8, 4) is 0 Å². The van der Waals surface area contributed by atoms with E-state index in [1.54, 1.807) is 34.1 Å². The fraction of sp³-hybridized carbons (Fsp3) is 0.304. The van der Waals surface area contributed by atoms with E-state index in [4.69, 9.17) is 0 Å². The summed E-state index contributed by atoms with van der Waals surface area (Å²) in [4.78, 5) is 61.4. The molecule has 4 aromatic carbocycles. The summed E-state index contributed by atoms with van der Waals surface area (Å²) in [6.07, 6.45) is -8.22. The minimum Gasteiger partial charge on any atom is -1.00 e. The number of halogens is 9. The van der Waals surface area contributed by atoms with Crippen LogP contribution in [-0.2, 0) is 21.9 Å². The number of quaternary nitrogens is 1. The Balaban J connectivity index is 0.00000648. The lowest BCUT2D eigenvalue weighted by molar-refractivity contribution is -0.890. The first-order chi connectivity index (χ1) is 30.7. The molecule has 0 saturated carbocycles. The van der Waals surface area contributed by atoms with Crippen LogP contribution < -0.4 is 44.4 Å². The maximum Gasteiger partial charge on any atom is 0.416 e. The Morgan fingerprint density at radius 1 is 0.591 bits per heavy atom. The molecule has 11 nitrogen and oxygen atoms in total. The van der Waals surface area contributed by atoms with Gasteiger partial charge in [-0.05, 0) is 117 Å². The number of amides is 6. The van der Waals surface area contributed by atoms with Gasteiger partial charge in [0.1, 0.15) is 0 Å². The lowest BCUT2D eigenvalue weighted by Gasteiger charge is -2.34. The summed E-state index contributed by atoms with van der Waals surface area (Å²) in [5, 5.41) is 5.72. The van der Waals surface area contributed by atoms with Crippen LogP contribution in [0.5, 0.6) is 0 Å². The van der Waals surface area contributed by atoms with Crippen LogP contribution in [-0.4, -0.2) is 91.5 Å². The summed E-state index contributed by atoms with van der Waals surface area (Å²) in [5.41, 5.74) is 0.652. The molecular formula is C46H42F6I3N7O4. The van der Waals surface area contributed by atoms with E-state index in [1.165, 1.54) is 24.3 Å². The van der Waals surface area contributed by atoms with Crippen LogP contribution in [0.15, 0.2) is 120 Å². The fourth-order valence-corrected chi connectivity index (χ4v) is 9.56. The van der Waals surface area contributed by atoms with E-state index < -0.39 is 47.6 Å². The molecule has 4 aliphatic heterocycles. The molecule has 0 fully saturated rings. The van der Waals surface area contributed by atoms with Crippen LogP contribution in [0.1, 0.15) is 47.2 Å². The van der Waals surface area contributed by atoms with Crippen LogP contribution in [0, 0.1) is 7.14 Å². The van der Waals surface area contributed by atoms with Gasteiger partial charge in [-0.25, -0.2) is 9.59 Å². The summed E-state index contributed by atoms with van der Waals surface area (Å²) < 4.78 is 85.0. The van der Waals surface area contributed by atoms with Gasteiger partial charge in [-0.3, -0.25) is 19.4 Å². The highest BCUT2D eigenvalue weighted by atomic mass is 127. The topological polar surface area (TPSA) is 105 Å². The van der Waals surface area contributed by atoms with E-state index in [9.17, 15) is 45.5 Å². The quantitative estimate of drug-likeness (QED) is 0.0999. The third-order valence-electron chi connectivity index (χ3n) is 12.1. The number of urea groups is 2. The Bertz CT molecular complexity index is 2450. The zero-order chi connectivity index (χ0) is 46.6. The van der Waals surface area contributed by atoms with Gasteiger partial charge < -0.3 is 48.9 Å². The van der Waals surface area contributed by atoms with Crippen molar-refractivity contribution < 1.29 is 74.0 Å². The number of benzene rings is 4. The monoisotopic (exact) mass is 1250 g/mol. The molecule has 0 spiro atoms. The number of anilines is 2. The number of carbonyl (C=O) groups is 4. The minimum absolute atomic E-state index is 0. The van der Waals surface area contributed by atoms with Gasteiger partial charge in [-0.15, -0.1) is 0 Å². The van der Waals surface area contributed by atoms with Gasteiger partial charge in [0.05, 0.1) is 97.4 Å². The molecule has 2 N–H and O–H groups in total. The second kappa shape index (κ2) is 19.3. The molecule has 0 radical (unpaired) electrons. The standard InChI is InChI=1S/C46H41F6I2N7O4.HI/c1-61(2,21-5-19-57-25-35-37(41(57)62)39(27-11-15-31(53)16-12-27)55-43(64)59(35)33-9-3-7-29(23-33)45(47,48)49)22-6-20-58-26-36-38(42(58)63)40(28-13-17-32(54)18-14-28)56-44(65)60(36)34-10-4-8-30(24-34)46(50,51)52;/h3-4,7-18,23-24,39-40H,5-6,19-22,25-26H2,1-2H3,(H-,55,56,64,65);1H/t39-,40-;/m1./s1. The van der Waals surface area contributed by atoms with Gasteiger partial charge in [-0.1, -0.05) is 36.4 Å². The second-order valence-corrected chi connectivity index (χ2v) is 19.4. The van der Waals surface area contributed by atoms with E-state index >= 15 is 0 Å². The number of hydrogen-bond donors (Lipinski definition) is 2. The highest BCUT2D eigenvalue weighted by Gasteiger charge is 2.47. The number of rotatable bonds is 12. The van der Waals surface area contributed by atoms with Gasteiger partial charge in [0.25, 0.3) is 11.8 Å². The molecule has 6 amide bonds. The molecule has 66 heavy (non-hydrogen) atoms. The summed E-state index contributed by atoms with van der Waals surface area (Å²) in [6.45, 7) is 1.82. The minimum atomic E-state index is -4.65. The first-order valence-electron chi connectivity index (χ1n) is 20.6. The van der Waals surface area contributed by atoms with Crippen LogP contribution in [0.2, 0.25) is 0 Å². The van der Waals surface area contributed by atoms with Crippen molar-refractivity contribution in [3.63, 3.8) is 0 Å². The highest BCUT2D eigenvalue weighted by Crippen LogP contribution is 2.42. The third kappa shape index (κ3) is 10.2. The van der Waals surface area contributed by atoms with Gasteiger partial charge in [0, 0.05) is 33.1 Å². The van der Waals surface area contributed by atoms with Crippen molar-refractivity contribution >= 4 is 80.4 Å². The molecule has 2 atom stereocenters. The molecule has 0 saturated heterocycles. The van der Waals surface area contributed by atoms with Gasteiger partial charge in [0.15, 0.2) is 0 Å². The molecule has 0 aromatic heterocycles. The number of nitrogens with one attached hydrogen (secondary N) is 2. The normalized spacial score (nSPS) is 19.0. The van der Waals surface area contributed by atoms with E-state index in [0.717, 1.165) is 41.2 Å². The van der Waals surface area contributed by atoms with Gasteiger partial charge in [-0.2, -0.15) is 26.3 Å². The lowest BCUT2D eigenvalue weighted by atomic mass is 9.95. The Labute approximate surface area is 421 Å². The molecular weight excluding hydrogens is 1210 g/mol. The summed E-state index contributed by atoms with van der Waals surface area (Å²) in [5.74, 6) is -0.656. The Morgan fingerprint density at radius 2 is 0.955 bits per heavy atom. The molecule has 4 aliphatic rings. The Morgan fingerprint density at radius 3 is 1.30 bits per heavy atom. The first kappa shape index (κ1) is 49.5. The van der Waals surface area contributed by atoms with E-state index in [-0.39, 0.29) is 71.4 Å². The smallest absolute Gasteiger partial charge is 0.416 e. The number of carbonyl (C=O) groups excluding carboxylic acids is 4. The Hall–Kier alpha value is -4.43. The maximum absolute atomic E-state index is 14.2. The molecule has 0 bridgehead atoms. The average molecular weight is 1250 g/mol. The van der Waals surface area contributed by atoms with Crippen molar-refractivity contribution in [1.29, 1.82) is 0 Å². The zero-order valence-corrected chi connectivity index (χ0v) is 41.8. The van der Waals surface area contributed by atoms with Gasteiger partial charge >= 0.3 is 24.4 Å². The summed E-state index contributed by atoms with van der Waals surface area (Å²) in [6, 6.07) is 20.6. The van der Waals surface area contributed by atoms with E-state index in [0.29, 0.717) is 66.0 Å². The van der Waals surface area contributed by atoms with Crippen LogP contribution in [0.25, 0.3) is 0 Å². The molecule has 4 heterocycles. The predicted molar refractivity (Wildman–Crippen MR) is 247 cm³/mol. The zero-order valence-electron chi connectivity index (χ0n) is 35.3. The van der Waals surface area contributed by atoms with Crippen molar-refractivity contribution in [3.05, 3.63) is 149 Å². The van der Waals surface area contributed by atoms with E-state index in [2.05, 4.69) is 55.8 Å². The average Bonchev–Trinajstić information content (AvgIpc) is 3.74. The summed E-state index contributed by atoms with van der Waals surface area (Å²) >= 11 is 4.29. The van der Waals surface area contributed by atoms with Crippen molar-refractivity contribution in [2.45, 2.75) is 37.3 Å². The molecule has 0 aliphatic carbocycles. The van der Waals surface area contributed by atoms with Gasteiger partial charge in [0.2, 0.25) is 0 Å². The van der Waals surface area contributed by atoms with E-state index in [1.807, 2.05) is 38.4 Å². The molecule has 20 heteroatoms. The second-order valence-electron chi connectivity index (χ2n) is 16.9. The first-order valence-corrected chi connectivity index (χ1v) is 22.8. The fourth-order valence-electron chi connectivity index (χ4n) is 8.84. The SMILES string of the molecule is C[N+](C)(CCCN1CC2=C(C1=O)[C@@H](c1ccc(I)cc1)NC(=O)N2c1cccc(C(F)(F)F)c1)CCCN1CC2=C(C1=O)[C@@H](c1ccc(I)cc1)NC(=O)N2c1cccc(C(F)(F)F)c1.[I-]. The number of hydrogen-bond acceptors (Lipinski definition) is 4. The molecule has 8 rings (SSSR count). The number of alkyl halides is 6. The molecule has 4 aromatic rings. The highest BCUT2D eigenvalue weighted by molar-refractivity contribution is 14.1. The van der Waals surface area contributed by atoms with Crippen molar-refractivity contribution in [1.82, 2.24) is 20.4 Å². The molecule has 348 valence electrons. The third-order valence-corrected chi connectivity index (χ3v) is 13.5. The predicted octanol–water partition coefficient (Wildman–Crippen LogP) is 6.23. The van der Waals surface area contributed by atoms with Crippen LogP contribution >= 0.6 is 45.2 Å². The lowest BCUT2D eigenvalue weighted by Crippen LogP contribution is -3.00. The van der Waals surface area contributed by atoms with Crippen molar-refractivity contribution in [2.24, 2.45) is 0 Å².